The molecule has 0 fully saturated rings. The first-order valence-corrected chi connectivity index (χ1v) is 12.3. The van der Waals surface area contributed by atoms with Crippen molar-refractivity contribution in [2.75, 3.05) is 27.3 Å². The van der Waals surface area contributed by atoms with E-state index in [9.17, 15) is 19.7 Å². The molecule has 0 N–H and O–H groups in total. The summed E-state index contributed by atoms with van der Waals surface area (Å²) in [7, 11) is 3.14. The number of rotatable bonds is 13. The van der Waals surface area contributed by atoms with Gasteiger partial charge in [-0.05, 0) is 61.7 Å². The van der Waals surface area contributed by atoms with Crippen molar-refractivity contribution >= 4 is 17.5 Å². The lowest BCUT2D eigenvalue weighted by molar-refractivity contribution is -0.384. The van der Waals surface area contributed by atoms with Gasteiger partial charge >= 0.3 is 0 Å². The molecule has 3 aromatic rings. The normalized spacial score (nSPS) is 11.5. The topological polar surface area (TPSA) is 115 Å². The van der Waals surface area contributed by atoms with Gasteiger partial charge in [-0.25, -0.2) is 0 Å². The summed E-state index contributed by atoms with van der Waals surface area (Å²) in [6.45, 7) is 4.30. The van der Waals surface area contributed by atoms with Gasteiger partial charge in [0.05, 0.1) is 32.0 Å². The van der Waals surface area contributed by atoms with E-state index in [0.29, 0.717) is 36.6 Å². The maximum Gasteiger partial charge on any atom is 0.269 e. The van der Waals surface area contributed by atoms with Crippen molar-refractivity contribution < 1.29 is 28.4 Å². The lowest BCUT2D eigenvalue weighted by atomic mass is 10.1. The zero-order chi connectivity index (χ0) is 27.7. The van der Waals surface area contributed by atoms with E-state index >= 15 is 0 Å². The Morgan fingerprint density at radius 3 is 2.34 bits per heavy atom. The van der Waals surface area contributed by atoms with Crippen LogP contribution in [-0.2, 0) is 17.8 Å². The largest absolute Gasteiger partial charge is 0.493 e. The van der Waals surface area contributed by atoms with Crippen LogP contribution in [0.15, 0.2) is 65.3 Å². The number of non-ortho nitro benzene ring substituents is 1. The summed E-state index contributed by atoms with van der Waals surface area (Å²) in [5.74, 6) is 1.25. The Labute approximate surface area is 221 Å². The number of hydrogen-bond donors (Lipinski definition) is 0. The molecule has 10 nitrogen and oxygen atoms in total. The summed E-state index contributed by atoms with van der Waals surface area (Å²) >= 11 is 0. The summed E-state index contributed by atoms with van der Waals surface area (Å²) in [4.78, 5) is 40.6. The monoisotopic (exact) mass is 523 g/mol. The summed E-state index contributed by atoms with van der Waals surface area (Å²) in [5.41, 5.74) is 1.14. The smallest absolute Gasteiger partial charge is 0.269 e. The van der Waals surface area contributed by atoms with E-state index in [2.05, 4.69) is 0 Å². The number of nitro benzene ring substituents is 1. The highest BCUT2D eigenvalue weighted by Crippen LogP contribution is 2.28. The number of ether oxygens (including phenoxy) is 2. The van der Waals surface area contributed by atoms with Crippen LogP contribution in [-0.4, -0.2) is 59.9 Å². The summed E-state index contributed by atoms with van der Waals surface area (Å²) in [6, 6.07) is 14.3. The first-order chi connectivity index (χ1) is 18.3. The van der Waals surface area contributed by atoms with Crippen LogP contribution < -0.4 is 9.47 Å². The third-order valence-corrected chi connectivity index (χ3v) is 6.41. The van der Waals surface area contributed by atoms with E-state index < -0.39 is 4.92 Å². The lowest BCUT2D eigenvalue weighted by Crippen LogP contribution is -2.46. The number of hydrogen-bond acceptors (Lipinski definition) is 7. The number of furan rings is 1. The third-order valence-electron chi connectivity index (χ3n) is 6.41. The van der Waals surface area contributed by atoms with E-state index in [1.807, 2.05) is 32.0 Å². The van der Waals surface area contributed by atoms with Crippen molar-refractivity contribution in [3.05, 3.63) is 87.9 Å². The zero-order valence-corrected chi connectivity index (χ0v) is 22.1. The summed E-state index contributed by atoms with van der Waals surface area (Å²) < 4.78 is 16.2. The summed E-state index contributed by atoms with van der Waals surface area (Å²) in [6.07, 6.45) is 2.73. The molecule has 0 aliphatic heterocycles. The molecule has 1 atom stereocenters. The molecule has 2 amide bonds. The van der Waals surface area contributed by atoms with Crippen LogP contribution in [0, 0.1) is 10.1 Å². The molecule has 0 aliphatic rings. The number of methoxy groups -OCH3 is 2. The van der Waals surface area contributed by atoms with E-state index in [1.54, 1.807) is 37.5 Å². The number of nitro groups is 1. The molecule has 1 aromatic heterocycles. The lowest BCUT2D eigenvalue weighted by Gasteiger charge is -2.31. The van der Waals surface area contributed by atoms with Gasteiger partial charge in [-0.1, -0.05) is 13.0 Å². The minimum Gasteiger partial charge on any atom is -0.493 e. The maximum atomic E-state index is 13.6. The number of carbonyl (C=O) groups is 2. The van der Waals surface area contributed by atoms with Crippen LogP contribution in [0.1, 0.15) is 41.9 Å². The van der Waals surface area contributed by atoms with Crippen LogP contribution in [0.4, 0.5) is 5.69 Å². The standard InChI is InChI=1S/C28H33N3O7/c1-5-20(2)30(28(33)22-9-11-23(12-10-22)31(34)35)19-27(32)29(18-24-7-6-16-38-24)15-14-21-8-13-25(36-3)26(17-21)37-4/h6-13,16-17,20H,5,14-15,18-19H2,1-4H3. The van der Waals surface area contributed by atoms with Crippen molar-refractivity contribution in [2.45, 2.75) is 39.3 Å². The molecule has 0 bridgehead atoms. The highest BCUT2D eigenvalue weighted by molar-refractivity contribution is 5.97. The van der Waals surface area contributed by atoms with Gasteiger partial charge in [0.25, 0.3) is 11.6 Å². The highest BCUT2D eigenvalue weighted by atomic mass is 16.6. The second-order valence-corrected chi connectivity index (χ2v) is 8.83. The Balaban J connectivity index is 1.80. The Bertz CT molecular complexity index is 1230. The summed E-state index contributed by atoms with van der Waals surface area (Å²) in [5, 5.41) is 11.0. The third kappa shape index (κ3) is 7.12. The van der Waals surface area contributed by atoms with Gasteiger partial charge < -0.3 is 23.7 Å². The minimum atomic E-state index is -0.519. The number of nitrogens with zero attached hydrogens (tertiary/aromatic N) is 3. The second kappa shape index (κ2) is 13.3. The van der Waals surface area contributed by atoms with Crippen molar-refractivity contribution in [3.63, 3.8) is 0 Å². The van der Waals surface area contributed by atoms with Gasteiger partial charge in [-0.2, -0.15) is 0 Å². The molecule has 0 saturated heterocycles. The van der Waals surface area contributed by atoms with Gasteiger partial charge in [0.1, 0.15) is 12.3 Å². The van der Waals surface area contributed by atoms with Crippen LogP contribution in [0.2, 0.25) is 0 Å². The molecule has 38 heavy (non-hydrogen) atoms. The number of amides is 2. The molecule has 1 heterocycles. The second-order valence-electron chi connectivity index (χ2n) is 8.83. The predicted octanol–water partition coefficient (Wildman–Crippen LogP) is 4.72. The fourth-order valence-corrected chi connectivity index (χ4v) is 3.97. The van der Waals surface area contributed by atoms with Gasteiger partial charge in [0.2, 0.25) is 5.91 Å². The van der Waals surface area contributed by atoms with Crippen LogP contribution in [0.25, 0.3) is 0 Å². The van der Waals surface area contributed by atoms with E-state index in [1.165, 1.54) is 29.2 Å². The van der Waals surface area contributed by atoms with Crippen molar-refractivity contribution in [1.29, 1.82) is 0 Å². The molecule has 0 radical (unpaired) electrons. The number of benzene rings is 2. The zero-order valence-electron chi connectivity index (χ0n) is 22.1. The Hall–Kier alpha value is -4.34. The fourth-order valence-electron chi connectivity index (χ4n) is 3.97. The molecule has 2 aromatic carbocycles. The molecular formula is C28H33N3O7. The first kappa shape index (κ1) is 28.2. The van der Waals surface area contributed by atoms with Gasteiger partial charge in [0.15, 0.2) is 11.5 Å². The highest BCUT2D eigenvalue weighted by Gasteiger charge is 2.26. The molecule has 0 saturated carbocycles. The van der Waals surface area contributed by atoms with Crippen LogP contribution >= 0.6 is 0 Å². The molecule has 3 rings (SSSR count). The van der Waals surface area contributed by atoms with E-state index in [-0.39, 0.29) is 42.2 Å². The van der Waals surface area contributed by atoms with Crippen LogP contribution in [0.3, 0.4) is 0 Å². The van der Waals surface area contributed by atoms with Crippen molar-refractivity contribution in [1.82, 2.24) is 9.80 Å². The SMILES string of the molecule is CCC(C)N(CC(=O)N(CCc1ccc(OC)c(OC)c1)Cc1ccco1)C(=O)c1ccc([N+](=O)[O-])cc1. The predicted molar refractivity (Wildman–Crippen MR) is 141 cm³/mol. The average molecular weight is 524 g/mol. The van der Waals surface area contributed by atoms with Gasteiger partial charge in [0, 0.05) is 30.3 Å². The number of carbonyl (C=O) groups excluding carboxylic acids is 2. The van der Waals surface area contributed by atoms with Crippen molar-refractivity contribution in [3.8, 4) is 11.5 Å². The Kier molecular flexibility index (Phi) is 9.86. The molecule has 0 aliphatic carbocycles. The molecular weight excluding hydrogens is 490 g/mol. The molecule has 0 spiro atoms. The van der Waals surface area contributed by atoms with E-state index in [0.717, 1.165) is 5.56 Å². The van der Waals surface area contributed by atoms with E-state index in [4.69, 9.17) is 13.9 Å². The van der Waals surface area contributed by atoms with Crippen molar-refractivity contribution in [2.24, 2.45) is 0 Å². The maximum absolute atomic E-state index is 13.6. The van der Waals surface area contributed by atoms with Crippen LogP contribution in [0.5, 0.6) is 11.5 Å². The molecule has 10 heteroatoms. The molecule has 1 unspecified atom stereocenters. The Morgan fingerprint density at radius 1 is 1.05 bits per heavy atom. The minimum absolute atomic E-state index is 0.104. The first-order valence-electron chi connectivity index (χ1n) is 12.3. The van der Waals surface area contributed by atoms with Gasteiger partial charge in [-0.15, -0.1) is 0 Å². The quantitative estimate of drug-likeness (QED) is 0.235. The fraction of sp³-hybridized carbons (Fsp3) is 0.357. The average Bonchev–Trinajstić information content (AvgIpc) is 3.46. The molecule has 202 valence electrons. The van der Waals surface area contributed by atoms with Gasteiger partial charge in [-0.3, -0.25) is 19.7 Å². The Morgan fingerprint density at radius 2 is 1.76 bits per heavy atom.